The van der Waals surface area contributed by atoms with Gasteiger partial charge in [-0.3, -0.25) is 0 Å². The zero-order valence-corrected chi connectivity index (χ0v) is 11.4. The molecule has 0 radical (unpaired) electrons. The minimum absolute atomic E-state index is 0. The fourth-order valence-corrected chi connectivity index (χ4v) is 2.29. The average molecular weight is 293 g/mol. The molecule has 3 heterocycles. The molecular formula is C12H13ClN6O. The molecule has 3 aromatic rings. The van der Waals surface area contributed by atoms with Crippen LogP contribution in [0.5, 0.6) is 0 Å². The standard InChI is InChI=1S/C12H12N6O.ClH/c13-12(3-1-4-12)11-16-10(19-17-11)8-7-15-18-6-2-5-14-9(8)18;/h2,5-7H,1,3-4,13H2;1H. The molecule has 2 N–H and O–H groups in total. The molecule has 104 valence electrons. The second-order valence-corrected chi connectivity index (χ2v) is 4.88. The molecule has 0 spiro atoms. The number of nitrogens with two attached hydrogens (primary N) is 1. The molecule has 0 aromatic carbocycles. The van der Waals surface area contributed by atoms with Crippen LogP contribution >= 0.6 is 12.4 Å². The van der Waals surface area contributed by atoms with Crippen LogP contribution in [0.15, 0.2) is 29.2 Å². The van der Waals surface area contributed by atoms with Crippen molar-refractivity contribution in [2.75, 3.05) is 0 Å². The first-order chi connectivity index (χ1) is 9.26. The molecule has 7 nitrogen and oxygen atoms in total. The lowest BCUT2D eigenvalue weighted by molar-refractivity contribution is 0.229. The molecule has 1 saturated carbocycles. The number of fused-ring (bicyclic) bond motifs is 1. The van der Waals surface area contributed by atoms with E-state index >= 15 is 0 Å². The van der Waals surface area contributed by atoms with E-state index in [1.54, 1.807) is 16.9 Å². The molecule has 8 heteroatoms. The van der Waals surface area contributed by atoms with Gasteiger partial charge in [-0.25, -0.2) is 9.50 Å². The summed E-state index contributed by atoms with van der Waals surface area (Å²) in [7, 11) is 0. The van der Waals surface area contributed by atoms with Crippen molar-refractivity contribution < 1.29 is 4.52 Å². The van der Waals surface area contributed by atoms with Gasteiger partial charge in [0.25, 0.3) is 5.89 Å². The lowest BCUT2D eigenvalue weighted by Crippen LogP contribution is -2.44. The quantitative estimate of drug-likeness (QED) is 0.770. The highest BCUT2D eigenvalue weighted by molar-refractivity contribution is 5.85. The van der Waals surface area contributed by atoms with Crippen LogP contribution in [-0.4, -0.2) is 24.7 Å². The number of hydrogen-bond donors (Lipinski definition) is 1. The third-order valence-corrected chi connectivity index (χ3v) is 3.63. The minimum atomic E-state index is -0.419. The van der Waals surface area contributed by atoms with Crippen molar-refractivity contribution in [3.63, 3.8) is 0 Å². The van der Waals surface area contributed by atoms with Crippen LogP contribution in [0.1, 0.15) is 25.1 Å². The normalized spacial score (nSPS) is 16.6. The van der Waals surface area contributed by atoms with Crippen molar-refractivity contribution in [1.29, 1.82) is 0 Å². The van der Waals surface area contributed by atoms with Gasteiger partial charge in [-0.1, -0.05) is 5.16 Å². The monoisotopic (exact) mass is 292 g/mol. The molecule has 0 saturated heterocycles. The van der Waals surface area contributed by atoms with Gasteiger partial charge in [0, 0.05) is 12.4 Å². The molecule has 1 aliphatic carbocycles. The first-order valence-corrected chi connectivity index (χ1v) is 6.18. The van der Waals surface area contributed by atoms with E-state index in [9.17, 15) is 0 Å². The van der Waals surface area contributed by atoms with Crippen molar-refractivity contribution in [1.82, 2.24) is 24.7 Å². The third-order valence-electron chi connectivity index (χ3n) is 3.63. The summed E-state index contributed by atoms with van der Waals surface area (Å²) in [5, 5.41) is 8.19. The van der Waals surface area contributed by atoms with Crippen LogP contribution in [-0.2, 0) is 5.54 Å². The SMILES string of the molecule is Cl.NC1(c2noc(-c3cnn4cccnc34)n2)CCC1. The molecule has 0 aliphatic heterocycles. The highest BCUT2D eigenvalue weighted by atomic mass is 35.5. The number of hydrogen-bond acceptors (Lipinski definition) is 6. The molecule has 1 fully saturated rings. The average Bonchev–Trinajstić information content (AvgIpc) is 3.02. The van der Waals surface area contributed by atoms with Gasteiger partial charge in [-0.05, 0) is 25.3 Å². The van der Waals surface area contributed by atoms with Crippen LogP contribution < -0.4 is 5.73 Å². The lowest BCUT2D eigenvalue weighted by Gasteiger charge is -2.34. The second-order valence-electron chi connectivity index (χ2n) is 4.88. The zero-order valence-electron chi connectivity index (χ0n) is 10.6. The summed E-state index contributed by atoms with van der Waals surface area (Å²) in [5.41, 5.74) is 7.18. The predicted molar refractivity (Wildman–Crippen MR) is 73.2 cm³/mol. The maximum atomic E-state index is 6.18. The Hall–Kier alpha value is -1.99. The van der Waals surface area contributed by atoms with Crippen LogP contribution in [0.3, 0.4) is 0 Å². The van der Waals surface area contributed by atoms with E-state index in [1.807, 2.05) is 12.3 Å². The van der Waals surface area contributed by atoms with Gasteiger partial charge < -0.3 is 10.3 Å². The Balaban J connectivity index is 0.00000121. The predicted octanol–water partition coefficient (Wildman–Crippen LogP) is 1.54. The van der Waals surface area contributed by atoms with Gasteiger partial charge in [-0.15, -0.1) is 12.4 Å². The van der Waals surface area contributed by atoms with Gasteiger partial charge in [0.05, 0.1) is 11.7 Å². The summed E-state index contributed by atoms with van der Waals surface area (Å²) in [6.45, 7) is 0. The van der Waals surface area contributed by atoms with E-state index < -0.39 is 5.54 Å². The first-order valence-electron chi connectivity index (χ1n) is 6.18. The topological polar surface area (TPSA) is 95.1 Å². The molecule has 3 aromatic heterocycles. The Morgan fingerprint density at radius 2 is 2.20 bits per heavy atom. The summed E-state index contributed by atoms with van der Waals surface area (Å²) in [6, 6.07) is 1.81. The third kappa shape index (κ3) is 1.78. The van der Waals surface area contributed by atoms with E-state index in [4.69, 9.17) is 10.3 Å². The van der Waals surface area contributed by atoms with Gasteiger partial charge in [0.1, 0.15) is 5.56 Å². The summed E-state index contributed by atoms with van der Waals surface area (Å²) >= 11 is 0. The second kappa shape index (κ2) is 4.53. The lowest BCUT2D eigenvalue weighted by atomic mass is 9.77. The van der Waals surface area contributed by atoms with Gasteiger partial charge in [0.2, 0.25) is 0 Å². The Morgan fingerprint density at radius 1 is 1.35 bits per heavy atom. The van der Waals surface area contributed by atoms with E-state index in [2.05, 4.69) is 20.2 Å². The smallest absolute Gasteiger partial charge is 0.263 e. The Morgan fingerprint density at radius 3 is 2.95 bits per heavy atom. The van der Waals surface area contributed by atoms with Crippen molar-refractivity contribution in [2.24, 2.45) is 5.73 Å². The van der Waals surface area contributed by atoms with Crippen molar-refractivity contribution in [3.8, 4) is 11.5 Å². The largest absolute Gasteiger partial charge is 0.334 e. The van der Waals surface area contributed by atoms with Gasteiger partial charge >= 0.3 is 0 Å². The summed E-state index contributed by atoms with van der Waals surface area (Å²) in [5.74, 6) is 0.990. The Kier molecular flexibility index (Phi) is 2.95. The Bertz CT molecular complexity index is 747. The number of aromatic nitrogens is 5. The van der Waals surface area contributed by atoms with Crippen molar-refractivity contribution in [3.05, 3.63) is 30.5 Å². The van der Waals surface area contributed by atoms with Crippen molar-refractivity contribution >= 4 is 18.1 Å². The number of rotatable bonds is 2. The maximum absolute atomic E-state index is 6.18. The molecule has 0 unspecified atom stereocenters. The molecule has 0 atom stereocenters. The molecule has 20 heavy (non-hydrogen) atoms. The van der Waals surface area contributed by atoms with E-state index in [1.165, 1.54) is 0 Å². The Labute approximate surface area is 120 Å². The summed E-state index contributed by atoms with van der Waals surface area (Å²) < 4.78 is 6.97. The first kappa shape index (κ1) is 13.0. The van der Waals surface area contributed by atoms with E-state index in [-0.39, 0.29) is 12.4 Å². The number of nitrogens with zero attached hydrogens (tertiary/aromatic N) is 5. The number of halogens is 1. The highest BCUT2D eigenvalue weighted by Crippen LogP contribution is 2.37. The van der Waals surface area contributed by atoms with Gasteiger partial charge in [0.15, 0.2) is 11.5 Å². The zero-order chi connectivity index (χ0) is 12.9. The fourth-order valence-electron chi connectivity index (χ4n) is 2.29. The van der Waals surface area contributed by atoms with Crippen LogP contribution in [0.4, 0.5) is 0 Å². The van der Waals surface area contributed by atoms with E-state index in [0.29, 0.717) is 17.4 Å². The fraction of sp³-hybridized carbons (Fsp3) is 0.333. The van der Waals surface area contributed by atoms with Crippen molar-refractivity contribution in [2.45, 2.75) is 24.8 Å². The molecular weight excluding hydrogens is 280 g/mol. The van der Waals surface area contributed by atoms with Crippen LogP contribution in [0.2, 0.25) is 0 Å². The highest BCUT2D eigenvalue weighted by Gasteiger charge is 2.39. The summed E-state index contributed by atoms with van der Waals surface area (Å²) in [4.78, 5) is 8.67. The molecule has 1 aliphatic rings. The molecule has 0 amide bonds. The molecule has 0 bridgehead atoms. The van der Waals surface area contributed by atoms with E-state index in [0.717, 1.165) is 24.8 Å². The summed E-state index contributed by atoms with van der Waals surface area (Å²) in [6.07, 6.45) is 8.10. The molecule has 4 rings (SSSR count). The van der Waals surface area contributed by atoms with Crippen LogP contribution in [0.25, 0.3) is 17.1 Å². The van der Waals surface area contributed by atoms with Crippen LogP contribution in [0, 0.1) is 0 Å². The van der Waals surface area contributed by atoms with Gasteiger partial charge in [-0.2, -0.15) is 10.1 Å². The maximum Gasteiger partial charge on any atom is 0.263 e. The minimum Gasteiger partial charge on any atom is -0.334 e.